The first kappa shape index (κ1) is 21.4. The maximum absolute atomic E-state index is 5.31. The van der Waals surface area contributed by atoms with E-state index in [4.69, 9.17) is 4.52 Å². The molecule has 0 fully saturated rings. The number of nitrogens with zero attached hydrogens (tertiary/aromatic N) is 4. The first-order chi connectivity index (χ1) is 11.3. The highest BCUT2D eigenvalue weighted by atomic mass is 127. The van der Waals surface area contributed by atoms with Crippen molar-refractivity contribution >= 4 is 29.9 Å². The van der Waals surface area contributed by atoms with Crippen molar-refractivity contribution in [2.75, 3.05) is 14.1 Å². The van der Waals surface area contributed by atoms with E-state index in [9.17, 15) is 0 Å². The van der Waals surface area contributed by atoms with Crippen molar-refractivity contribution in [3.63, 3.8) is 0 Å². The molecule has 7 heteroatoms. The molecule has 0 aliphatic rings. The van der Waals surface area contributed by atoms with Gasteiger partial charge in [0.1, 0.15) is 0 Å². The Morgan fingerprint density at radius 1 is 1.24 bits per heavy atom. The van der Waals surface area contributed by atoms with Crippen molar-refractivity contribution < 1.29 is 4.52 Å². The van der Waals surface area contributed by atoms with Crippen LogP contribution in [0.25, 0.3) is 0 Å². The molecule has 1 aromatic heterocycles. The zero-order valence-electron chi connectivity index (χ0n) is 15.8. The van der Waals surface area contributed by atoms with Crippen molar-refractivity contribution in [2.45, 2.75) is 46.2 Å². The lowest BCUT2D eigenvalue weighted by molar-refractivity contribution is 0.318. The van der Waals surface area contributed by atoms with Gasteiger partial charge in [0.25, 0.3) is 0 Å². The summed E-state index contributed by atoms with van der Waals surface area (Å²) in [7, 11) is 3.77. The molecule has 0 aliphatic carbocycles. The fourth-order valence-corrected chi connectivity index (χ4v) is 2.22. The Morgan fingerprint density at radius 3 is 2.40 bits per heavy atom. The molecular weight excluding hydrogens is 429 g/mol. The third-order valence-electron chi connectivity index (χ3n) is 3.63. The van der Waals surface area contributed by atoms with Crippen LogP contribution in [0.5, 0.6) is 0 Å². The summed E-state index contributed by atoms with van der Waals surface area (Å²) in [5.41, 5.74) is 2.35. The van der Waals surface area contributed by atoms with Crippen molar-refractivity contribution in [3.8, 4) is 0 Å². The normalized spacial score (nSPS) is 11.8. The Bertz CT molecular complexity index is 688. The van der Waals surface area contributed by atoms with E-state index in [2.05, 4.69) is 56.5 Å². The van der Waals surface area contributed by atoms with E-state index in [1.807, 2.05) is 27.8 Å². The van der Waals surface area contributed by atoms with Gasteiger partial charge in [0.2, 0.25) is 5.89 Å². The number of halogens is 1. The van der Waals surface area contributed by atoms with Crippen molar-refractivity contribution in [2.24, 2.45) is 4.99 Å². The molecule has 0 radical (unpaired) electrons. The van der Waals surface area contributed by atoms with E-state index in [1.165, 1.54) is 11.1 Å². The van der Waals surface area contributed by atoms with Crippen LogP contribution in [0.4, 0.5) is 0 Å². The lowest BCUT2D eigenvalue weighted by atomic mass is 9.97. The number of rotatable bonds is 4. The van der Waals surface area contributed by atoms with Gasteiger partial charge in [-0.15, -0.1) is 24.0 Å². The summed E-state index contributed by atoms with van der Waals surface area (Å²) in [6.07, 6.45) is 0. The second kappa shape index (κ2) is 9.17. The molecule has 0 aliphatic heterocycles. The van der Waals surface area contributed by atoms with E-state index in [1.54, 1.807) is 7.05 Å². The van der Waals surface area contributed by atoms with Gasteiger partial charge in [-0.1, -0.05) is 55.8 Å². The molecule has 2 aromatic rings. The largest absolute Gasteiger partial charge is 0.349 e. The van der Waals surface area contributed by atoms with Gasteiger partial charge in [0, 0.05) is 26.1 Å². The minimum absolute atomic E-state index is 0. The molecule has 1 aromatic carbocycles. The van der Waals surface area contributed by atoms with Crippen LogP contribution in [0, 0.1) is 6.92 Å². The summed E-state index contributed by atoms with van der Waals surface area (Å²) < 4.78 is 5.31. The highest BCUT2D eigenvalue weighted by Crippen LogP contribution is 2.19. The zero-order chi connectivity index (χ0) is 17.7. The number of benzene rings is 1. The van der Waals surface area contributed by atoms with Gasteiger partial charge < -0.3 is 14.7 Å². The van der Waals surface area contributed by atoms with Crippen LogP contribution in [0.15, 0.2) is 33.8 Å². The van der Waals surface area contributed by atoms with Crippen LogP contribution in [0.3, 0.4) is 0 Å². The highest BCUT2D eigenvalue weighted by Gasteiger charge is 2.21. The first-order valence-electron chi connectivity index (χ1n) is 8.10. The second-order valence-electron chi connectivity index (χ2n) is 7.01. The number of guanidine groups is 1. The average Bonchev–Trinajstić information content (AvgIpc) is 2.99. The standard InChI is InChI=1S/C18H27N5O.HI/c1-13-7-9-14(10-8-13)12-23(6)17(19-5)20-11-15-21-16(24-22-15)18(2,3)4;/h7-10H,11-12H2,1-6H3,(H,19,20);1H. The molecule has 0 spiro atoms. The van der Waals surface area contributed by atoms with E-state index >= 15 is 0 Å². The summed E-state index contributed by atoms with van der Waals surface area (Å²) >= 11 is 0. The molecule has 1 heterocycles. The summed E-state index contributed by atoms with van der Waals surface area (Å²) in [6, 6.07) is 8.50. The van der Waals surface area contributed by atoms with Gasteiger partial charge in [-0.05, 0) is 12.5 Å². The van der Waals surface area contributed by atoms with E-state index in [0.717, 1.165) is 12.5 Å². The summed E-state index contributed by atoms with van der Waals surface area (Å²) in [6.45, 7) is 9.48. The van der Waals surface area contributed by atoms with Crippen LogP contribution in [-0.2, 0) is 18.5 Å². The van der Waals surface area contributed by atoms with Gasteiger partial charge in [0.15, 0.2) is 11.8 Å². The van der Waals surface area contributed by atoms with Gasteiger partial charge in [0.05, 0.1) is 6.54 Å². The predicted octanol–water partition coefficient (Wildman–Crippen LogP) is 3.50. The minimum atomic E-state index is -0.144. The number of hydrogen-bond donors (Lipinski definition) is 1. The quantitative estimate of drug-likeness (QED) is 0.433. The molecule has 0 saturated heterocycles. The van der Waals surface area contributed by atoms with E-state index in [-0.39, 0.29) is 29.4 Å². The second-order valence-corrected chi connectivity index (χ2v) is 7.01. The molecular formula is C18H28IN5O. The Morgan fingerprint density at radius 2 is 1.88 bits per heavy atom. The highest BCUT2D eigenvalue weighted by molar-refractivity contribution is 14.0. The number of hydrogen-bond acceptors (Lipinski definition) is 4. The maximum atomic E-state index is 5.31. The number of aromatic nitrogens is 2. The number of aryl methyl sites for hydroxylation is 1. The topological polar surface area (TPSA) is 66.5 Å². The summed E-state index contributed by atoms with van der Waals surface area (Å²) in [4.78, 5) is 10.8. The van der Waals surface area contributed by atoms with Gasteiger partial charge in [-0.25, -0.2) is 0 Å². The van der Waals surface area contributed by atoms with Crippen LogP contribution in [-0.4, -0.2) is 35.1 Å². The summed E-state index contributed by atoms with van der Waals surface area (Å²) in [5, 5.41) is 7.29. The molecule has 1 N–H and O–H groups in total. The molecule has 0 bridgehead atoms. The molecule has 0 saturated carbocycles. The van der Waals surface area contributed by atoms with Crippen LogP contribution in [0.2, 0.25) is 0 Å². The third-order valence-corrected chi connectivity index (χ3v) is 3.63. The first-order valence-corrected chi connectivity index (χ1v) is 8.10. The van der Waals surface area contributed by atoms with Crippen LogP contribution < -0.4 is 5.32 Å². The Balaban J connectivity index is 0.00000312. The van der Waals surface area contributed by atoms with Crippen molar-refractivity contribution in [1.82, 2.24) is 20.4 Å². The molecule has 0 amide bonds. The Labute approximate surface area is 167 Å². The average molecular weight is 457 g/mol. The fraction of sp³-hybridized carbons (Fsp3) is 0.500. The van der Waals surface area contributed by atoms with Gasteiger partial charge in [-0.3, -0.25) is 4.99 Å². The molecule has 25 heavy (non-hydrogen) atoms. The molecule has 138 valence electrons. The van der Waals surface area contributed by atoms with Crippen molar-refractivity contribution in [1.29, 1.82) is 0 Å². The predicted molar refractivity (Wildman–Crippen MR) is 111 cm³/mol. The lowest BCUT2D eigenvalue weighted by Gasteiger charge is -2.21. The SMILES string of the molecule is CN=C(NCc1noc(C(C)(C)C)n1)N(C)Cc1ccc(C)cc1.I. The smallest absolute Gasteiger partial charge is 0.232 e. The molecule has 2 rings (SSSR count). The maximum Gasteiger partial charge on any atom is 0.232 e. The number of nitrogens with one attached hydrogen (secondary N) is 1. The van der Waals surface area contributed by atoms with Crippen molar-refractivity contribution in [3.05, 3.63) is 47.1 Å². The molecule has 0 atom stereocenters. The fourth-order valence-electron chi connectivity index (χ4n) is 2.22. The zero-order valence-corrected chi connectivity index (χ0v) is 18.2. The third kappa shape index (κ3) is 6.30. The van der Waals surface area contributed by atoms with E-state index in [0.29, 0.717) is 18.3 Å². The molecule has 6 nitrogen and oxygen atoms in total. The van der Waals surface area contributed by atoms with Crippen LogP contribution in [0.1, 0.15) is 43.6 Å². The Kier molecular flexibility index (Phi) is 7.85. The monoisotopic (exact) mass is 457 g/mol. The van der Waals surface area contributed by atoms with Gasteiger partial charge >= 0.3 is 0 Å². The number of aliphatic imine (C=N–C) groups is 1. The summed E-state index contributed by atoms with van der Waals surface area (Å²) in [5.74, 6) is 2.06. The molecule has 0 unspecified atom stereocenters. The van der Waals surface area contributed by atoms with Gasteiger partial charge in [-0.2, -0.15) is 4.98 Å². The van der Waals surface area contributed by atoms with Crippen LogP contribution >= 0.6 is 24.0 Å². The Hall–Kier alpha value is -1.64. The van der Waals surface area contributed by atoms with E-state index < -0.39 is 0 Å². The lowest BCUT2D eigenvalue weighted by Crippen LogP contribution is -2.38. The minimum Gasteiger partial charge on any atom is -0.349 e.